The fourth-order valence-corrected chi connectivity index (χ4v) is 0.993. The Balaban J connectivity index is 0.000000583. The Morgan fingerprint density at radius 1 is 1.33 bits per heavy atom. The minimum absolute atomic E-state index is 0.769. The molecule has 0 aliphatic rings. The zero-order valence-electron chi connectivity index (χ0n) is 9.92. The molecule has 1 N–H and O–H groups in total. The van der Waals surface area contributed by atoms with E-state index in [4.69, 9.17) is 4.74 Å². The van der Waals surface area contributed by atoms with Gasteiger partial charge in [0.05, 0.1) is 6.61 Å². The third kappa shape index (κ3) is 5.92. The predicted octanol–water partition coefficient (Wildman–Crippen LogP) is 2.95. The lowest BCUT2D eigenvalue weighted by Gasteiger charge is -2.06. The molecule has 0 spiro atoms. The second kappa shape index (κ2) is 9.28. The maximum absolute atomic E-state index is 5.51. The molecule has 2 heteroatoms. The van der Waals surface area contributed by atoms with Crippen LogP contribution in [-0.2, 0) is 0 Å². The standard InChI is InChI=1S/C11H14O.C2H7N/c1-3-9-12-11-8-6-5-7-10(11)4-2;1-3-2/h4-8H,2-3,9H2,1H3;3H,1-2H3. The second-order valence-electron chi connectivity index (χ2n) is 3.09. The molecule has 0 fully saturated rings. The van der Waals surface area contributed by atoms with Gasteiger partial charge < -0.3 is 10.1 Å². The lowest BCUT2D eigenvalue weighted by atomic mass is 10.2. The predicted molar refractivity (Wildman–Crippen MR) is 67.3 cm³/mol. The molecule has 0 bridgehead atoms. The normalized spacial score (nSPS) is 8.73. The first kappa shape index (κ1) is 13.7. The zero-order chi connectivity index (χ0) is 11.5. The van der Waals surface area contributed by atoms with Crippen LogP contribution in [0, 0.1) is 0 Å². The van der Waals surface area contributed by atoms with Crippen LogP contribution in [0.1, 0.15) is 18.9 Å². The lowest BCUT2D eigenvalue weighted by Crippen LogP contribution is -1.96. The van der Waals surface area contributed by atoms with Crippen molar-refractivity contribution in [1.82, 2.24) is 5.32 Å². The number of benzene rings is 1. The Labute approximate surface area is 93.0 Å². The van der Waals surface area contributed by atoms with E-state index in [-0.39, 0.29) is 0 Å². The van der Waals surface area contributed by atoms with Gasteiger partial charge in [-0.1, -0.05) is 37.8 Å². The zero-order valence-corrected chi connectivity index (χ0v) is 9.92. The molecule has 0 saturated heterocycles. The molecule has 0 heterocycles. The molecule has 0 aliphatic heterocycles. The Morgan fingerprint density at radius 2 is 1.93 bits per heavy atom. The van der Waals surface area contributed by atoms with Crippen molar-refractivity contribution < 1.29 is 4.74 Å². The van der Waals surface area contributed by atoms with Crippen molar-refractivity contribution in [2.75, 3.05) is 20.7 Å². The van der Waals surface area contributed by atoms with Gasteiger partial charge in [0.15, 0.2) is 0 Å². The van der Waals surface area contributed by atoms with Crippen LogP contribution >= 0.6 is 0 Å². The van der Waals surface area contributed by atoms with Crippen LogP contribution in [0.2, 0.25) is 0 Å². The van der Waals surface area contributed by atoms with Crippen molar-refractivity contribution in [2.24, 2.45) is 0 Å². The SMILES string of the molecule is C=Cc1ccccc1OCCC.CNC. The average Bonchev–Trinajstić information content (AvgIpc) is 2.28. The molecule has 0 aliphatic carbocycles. The number of ether oxygens (including phenoxy) is 1. The van der Waals surface area contributed by atoms with E-state index in [2.05, 4.69) is 18.8 Å². The van der Waals surface area contributed by atoms with Gasteiger partial charge in [-0.05, 0) is 26.6 Å². The van der Waals surface area contributed by atoms with Crippen LogP contribution in [0.5, 0.6) is 5.75 Å². The largest absolute Gasteiger partial charge is 0.493 e. The maximum atomic E-state index is 5.51. The summed E-state index contributed by atoms with van der Waals surface area (Å²) in [5.41, 5.74) is 1.06. The first-order valence-electron chi connectivity index (χ1n) is 5.22. The summed E-state index contributed by atoms with van der Waals surface area (Å²) in [6.07, 6.45) is 2.84. The summed E-state index contributed by atoms with van der Waals surface area (Å²) in [5, 5.41) is 2.75. The number of nitrogens with one attached hydrogen (secondary N) is 1. The smallest absolute Gasteiger partial charge is 0.126 e. The fraction of sp³-hybridized carbons (Fsp3) is 0.385. The van der Waals surface area contributed by atoms with E-state index in [1.54, 1.807) is 0 Å². The van der Waals surface area contributed by atoms with Gasteiger partial charge >= 0.3 is 0 Å². The van der Waals surface area contributed by atoms with Gasteiger partial charge in [-0.15, -0.1) is 0 Å². The molecule has 0 radical (unpaired) electrons. The molecule has 0 atom stereocenters. The van der Waals surface area contributed by atoms with Crippen molar-refractivity contribution in [3.63, 3.8) is 0 Å². The van der Waals surface area contributed by atoms with E-state index >= 15 is 0 Å². The van der Waals surface area contributed by atoms with Crippen LogP contribution < -0.4 is 10.1 Å². The highest BCUT2D eigenvalue weighted by Gasteiger charge is 1.96. The number of rotatable bonds is 4. The van der Waals surface area contributed by atoms with Gasteiger partial charge in [0.2, 0.25) is 0 Å². The minimum atomic E-state index is 0.769. The molecule has 0 unspecified atom stereocenters. The molecule has 0 amide bonds. The molecular formula is C13H21NO. The number of para-hydroxylation sites is 1. The summed E-state index contributed by atoms with van der Waals surface area (Å²) in [6, 6.07) is 7.92. The van der Waals surface area contributed by atoms with E-state index in [0.717, 1.165) is 24.3 Å². The van der Waals surface area contributed by atoms with Gasteiger partial charge in [-0.2, -0.15) is 0 Å². The monoisotopic (exact) mass is 207 g/mol. The van der Waals surface area contributed by atoms with Crippen LogP contribution in [0.4, 0.5) is 0 Å². The van der Waals surface area contributed by atoms with Crippen LogP contribution in [0.15, 0.2) is 30.8 Å². The Hall–Kier alpha value is -1.28. The molecule has 0 saturated carbocycles. The molecule has 0 aromatic heterocycles. The summed E-state index contributed by atoms with van der Waals surface area (Å²) < 4.78 is 5.51. The summed E-state index contributed by atoms with van der Waals surface area (Å²) >= 11 is 0. The molecular weight excluding hydrogens is 186 g/mol. The van der Waals surface area contributed by atoms with Gasteiger partial charge in [0.25, 0.3) is 0 Å². The lowest BCUT2D eigenvalue weighted by molar-refractivity contribution is 0.317. The van der Waals surface area contributed by atoms with Gasteiger partial charge in [0, 0.05) is 5.56 Å². The second-order valence-corrected chi connectivity index (χ2v) is 3.09. The van der Waals surface area contributed by atoms with E-state index in [1.165, 1.54) is 0 Å². The Bertz CT molecular complexity index is 271. The van der Waals surface area contributed by atoms with E-state index in [9.17, 15) is 0 Å². The van der Waals surface area contributed by atoms with Gasteiger partial charge in [-0.25, -0.2) is 0 Å². The van der Waals surface area contributed by atoms with Crippen LogP contribution in [0.3, 0.4) is 0 Å². The van der Waals surface area contributed by atoms with Crippen molar-refractivity contribution >= 4 is 6.08 Å². The molecule has 1 aromatic carbocycles. The van der Waals surface area contributed by atoms with Gasteiger partial charge in [-0.3, -0.25) is 0 Å². The van der Waals surface area contributed by atoms with E-state index in [0.29, 0.717) is 0 Å². The number of hydrogen-bond acceptors (Lipinski definition) is 2. The maximum Gasteiger partial charge on any atom is 0.126 e. The van der Waals surface area contributed by atoms with Crippen molar-refractivity contribution in [1.29, 1.82) is 0 Å². The molecule has 1 aromatic rings. The fourth-order valence-electron chi connectivity index (χ4n) is 0.993. The van der Waals surface area contributed by atoms with Crippen LogP contribution in [0.25, 0.3) is 6.08 Å². The average molecular weight is 207 g/mol. The third-order valence-corrected chi connectivity index (χ3v) is 1.60. The van der Waals surface area contributed by atoms with Crippen molar-refractivity contribution in [3.8, 4) is 5.75 Å². The quantitative estimate of drug-likeness (QED) is 0.819. The highest BCUT2D eigenvalue weighted by molar-refractivity contribution is 5.55. The van der Waals surface area contributed by atoms with Crippen LogP contribution in [-0.4, -0.2) is 20.7 Å². The Kier molecular flexibility index (Phi) is 8.49. The van der Waals surface area contributed by atoms with Gasteiger partial charge in [0.1, 0.15) is 5.75 Å². The highest BCUT2D eigenvalue weighted by Crippen LogP contribution is 2.18. The van der Waals surface area contributed by atoms with E-state index in [1.807, 2.05) is 44.4 Å². The first-order chi connectivity index (χ1) is 7.29. The topological polar surface area (TPSA) is 21.3 Å². The summed E-state index contributed by atoms with van der Waals surface area (Å²) in [6.45, 7) is 6.58. The summed E-state index contributed by atoms with van der Waals surface area (Å²) in [7, 11) is 3.75. The number of hydrogen-bond donors (Lipinski definition) is 1. The highest BCUT2D eigenvalue weighted by atomic mass is 16.5. The molecule has 15 heavy (non-hydrogen) atoms. The summed E-state index contributed by atoms with van der Waals surface area (Å²) in [5.74, 6) is 0.925. The summed E-state index contributed by atoms with van der Waals surface area (Å²) in [4.78, 5) is 0. The minimum Gasteiger partial charge on any atom is -0.493 e. The Morgan fingerprint density at radius 3 is 2.47 bits per heavy atom. The molecule has 1 rings (SSSR count). The van der Waals surface area contributed by atoms with Crippen molar-refractivity contribution in [3.05, 3.63) is 36.4 Å². The first-order valence-corrected chi connectivity index (χ1v) is 5.22. The third-order valence-electron chi connectivity index (χ3n) is 1.60. The van der Waals surface area contributed by atoms with Crippen molar-refractivity contribution in [2.45, 2.75) is 13.3 Å². The van der Waals surface area contributed by atoms with E-state index < -0.39 is 0 Å². The molecule has 2 nitrogen and oxygen atoms in total. The molecule has 84 valence electrons.